The number of benzene rings is 2. The van der Waals surface area contributed by atoms with E-state index in [9.17, 15) is 0 Å². The van der Waals surface area contributed by atoms with Crippen LogP contribution in [-0.2, 0) is 6.42 Å². The van der Waals surface area contributed by atoms with Crippen molar-refractivity contribution in [1.29, 1.82) is 0 Å². The van der Waals surface area contributed by atoms with Gasteiger partial charge in [0.1, 0.15) is 11.6 Å². The average molecular weight is 386 g/mol. The van der Waals surface area contributed by atoms with Crippen LogP contribution in [-0.4, -0.2) is 23.0 Å². The summed E-state index contributed by atoms with van der Waals surface area (Å²) < 4.78 is 30.3. The Morgan fingerprint density at radius 2 is 1.39 bits per heavy atom. The summed E-state index contributed by atoms with van der Waals surface area (Å²) in [6.45, 7) is 10.8. The fourth-order valence-electron chi connectivity index (χ4n) is 4.87. The number of halogens is 2. The summed E-state index contributed by atoms with van der Waals surface area (Å²) in [6, 6.07) is 11.0. The van der Waals surface area contributed by atoms with E-state index in [0.717, 1.165) is 31.2 Å². The number of likely N-dealkylation sites (tertiary alicyclic amines) is 1. The highest BCUT2D eigenvalue weighted by atomic mass is 19.1. The Labute approximate surface area is 168 Å². The first-order valence-electron chi connectivity index (χ1n) is 10.4. The van der Waals surface area contributed by atoms with E-state index in [1.807, 2.05) is 24.3 Å². The number of hydrogen-bond donors (Lipinski definition) is 0. The fraction of sp³-hybridized carbons (Fsp3) is 0.520. The quantitative estimate of drug-likeness (QED) is 0.550. The Morgan fingerprint density at radius 1 is 0.893 bits per heavy atom. The minimum atomic E-state index is -0.422. The Hall–Kier alpha value is -1.74. The number of piperidine rings is 1. The molecule has 0 unspecified atom stereocenters. The first-order valence-corrected chi connectivity index (χ1v) is 10.4. The monoisotopic (exact) mass is 385 g/mol. The van der Waals surface area contributed by atoms with E-state index in [0.29, 0.717) is 5.56 Å². The average Bonchev–Trinajstić information content (AvgIpc) is 2.59. The SMILES string of the molecule is CCCc1ccc(-c2cc(F)c(C3CC(C)(C)N(C)C(C)(C)C3)c(F)c2)cc1. The van der Waals surface area contributed by atoms with E-state index in [1.165, 1.54) is 17.7 Å². The van der Waals surface area contributed by atoms with Gasteiger partial charge in [-0.25, -0.2) is 8.78 Å². The summed E-state index contributed by atoms with van der Waals surface area (Å²) in [6.07, 6.45) is 3.59. The number of aryl methyl sites for hydroxylation is 1. The van der Waals surface area contributed by atoms with Gasteiger partial charge >= 0.3 is 0 Å². The van der Waals surface area contributed by atoms with Gasteiger partial charge in [-0.1, -0.05) is 37.6 Å². The van der Waals surface area contributed by atoms with Crippen molar-refractivity contribution in [1.82, 2.24) is 4.90 Å². The molecule has 0 N–H and O–H groups in total. The van der Waals surface area contributed by atoms with Crippen LogP contribution in [0.25, 0.3) is 11.1 Å². The predicted octanol–water partition coefficient (Wildman–Crippen LogP) is 6.95. The second-order valence-corrected chi connectivity index (χ2v) is 9.59. The molecular formula is C25H33F2N. The summed E-state index contributed by atoms with van der Waals surface area (Å²) in [5.41, 5.74) is 2.74. The van der Waals surface area contributed by atoms with Crippen LogP contribution in [0.4, 0.5) is 8.78 Å². The molecule has 0 aliphatic carbocycles. The molecule has 1 heterocycles. The second kappa shape index (κ2) is 7.59. The molecule has 0 amide bonds. The molecule has 0 atom stereocenters. The molecule has 1 nitrogen and oxygen atoms in total. The lowest BCUT2D eigenvalue weighted by molar-refractivity contribution is -0.0138. The van der Waals surface area contributed by atoms with Gasteiger partial charge in [-0.3, -0.25) is 4.90 Å². The smallest absolute Gasteiger partial charge is 0.130 e. The van der Waals surface area contributed by atoms with Gasteiger partial charge in [-0.2, -0.15) is 0 Å². The van der Waals surface area contributed by atoms with Crippen molar-refractivity contribution in [3.8, 4) is 11.1 Å². The van der Waals surface area contributed by atoms with Gasteiger partial charge in [0, 0.05) is 16.6 Å². The van der Waals surface area contributed by atoms with E-state index in [1.54, 1.807) is 0 Å². The van der Waals surface area contributed by atoms with E-state index >= 15 is 8.78 Å². The molecule has 0 bridgehead atoms. The molecule has 152 valence electrons. The maximum Gasteiger partial charge on any atom is 0.130 e. The third-order valence-electron chi connectivity index (χ3n) is 6.62. The summed E-state index contributed by atoms with van der Waals surface area (Å²) in [7, 11) is 2.11. The summed E-state index contributed by atoms with van der Waals surface area (Å²) in [5, 5.41) is 0. The Morgan fingerprint density at radius 3 is 1.86 bits per heavy atom. The van der Waals surface area contributed by atoms with Crippen LogP contribution in [0.1, 0.15) is 70.9 Å². The minimum Gasteiger partial charge on any atom is -0.296 e. The molecule has 1 aliphatic heterocycles. The van der Waals surface area contributed by atoms with Crippen LogP contribution in [0.3, 0.4) is 0 Å². The van der Waals surface area contributed by atoms with Crippen molar-refractivity contribution in [2.24, 2.45) is 0 Å². The van der Waals surface area contributed by atoms with E-state index < -0.39 is 11.6 Å². The molecule has 3 rings (SSSR count). The van der Waals surface area contributed by atoms with Gasteiger partial charge < -0.3 is 0 Å². The van der Waals surface area contributed by atoms with Gasteiger partial charge in [0.05, 0.1) is 0 Å². The molecule has 28 heavy (non-hydrogen) atoms. The highest BCUT2D eigenvalue weighted by Crippen LogP contribution is 2.46. The standard InChI is InChI=1S/C25H33F2N/c1-7-8-17-9-11-18(12-10-17)19-13-21(26)23(22(27)14-19)20-15-24(2,3)28(6)25(4,5)16-20/h9-14,20H,7-8,15-16H2,1-6H3. The summed E-state index contributed by atoms with van der Waals surface area (Å²) in [5.74, 6) is -0.968. The molecule has 2 aromatic rings. The molecule has 0 spiro atoms. The lowest BCUT2D eigenvalue weighted by atomic mass is 9.71. The molecule has 3 heteroatoms. The van der Waals surface area contributed by atoms with Crippen molar-refractivity contribution < 1.29 is 8.78 Å². The van der Waals surface area contributed by atoms with E-state index in [-0.39, 0.29) is 22.6 Å². The topological polar surface area (TPSA) is 3.24 Å². The van der Waals surface area contributed by atoms with Crippen LogP contribution in [0.15, 0.2) is 36.4 Å². The lowest BCUT2D eigenvalue weighted by Gasteiger charge is -2.53. The van der Waals surface area contributed by atoms with Gasteiger partial charge in [0.25, 0.3) is 0 Å². The van der Waals surface area contributed by atoms with Crippen LogP contribution in [0.5, 0.6) is 0 Å². The molecule has 1 saturated heterocycles. The molecule has 0 saturated carbocycles. The Kier molecular flexibility index (Phi) is 5.69. The number of rotatable bonds is 4. The maximum atomic E-state index is 15.1. The zero-order valence-electron chi connectivity index (χ0n) is 18.1. The van der Waals surface area contributed by atoms with Crippen molar-refractivity contribution >= 4 is 0 Å². The third kappa shape index (κ3) is 4.00. The summed E-state index contributed by atoms with van der Waals surface area (Å²) in [4.78, 5) is 2.33. The normalized spacial score (nSPS) is 19.7. The van der Waals surface area contributed by atoms with E-state index in [4.69, 9.17) is 0 Å². The van der Waals surface area contributed by atoms with Crippen LogP contribution in [0.2, 0.25) is 0 Å². The molecule has 1 fully saturated rings. The molecule has 2 aromatic carbocycles. The highest BCUT2D eigenvalue weighted by molar-refractivity contribution is 5.64. The van der Waals surface area contributed by atoms with E-state index in [2.05, 4.69) is 46.6 Å². The van der Waals surface area contributed by atoms with Gasteiger partial charge in [-0.05, 0) is 88.7 Å². The Bertz CT molecular complexity index is 795. The van der Waals surface area contributed by atoms with Gasteiger partial charge in [0.15, 0.2) is 0 Å². The summed E-state index contributed by atoms with van der Waals surface area (Å²) >= 11 is 0. The maximum absolute atomic E-state index is 15.1. The first kappa shape index (κ1) is 21.0. The zero-order valence-corrected chi connectivity index (χ0v) is 18.1. The number of nitrogens with zero attached hydrogens (tertiary/aromatic N) is 1. The molecule has 0 aromatic heterocycles. The highest BCUT2D eigenvalue weighted by Gasteiger charge is 2.44. The largest absolute Gasteiger partial charge is 0.296 e. The predicted molar refractivity (Wildman–Crippen MR) is 114 cm³/mol. The van der Waals surface area contributed by atoms with Gasteiger partial charge in [-0.15, -0.1) is 0 Å². The molecular weight excluding hydrogens is 352 g/mol. The first-order chi connectivity index (χ1) is 13.0. The number of hydrogen-bond acceptors (Lipinski definition) is 1. The second-order valence-electron chi connectivity index (χ2n) is 9.59. The molecule has 0 radical (unpaired) electrons. The van der Waals surface area contributed by atoms with Crippen molar-refractivity contribution in [2.75, 3.05) is 7.05 Å². The zero-order chi connectivity index (χ0) is 20.7. The Balaban J connectivity index is 1.94. The van der Waals surface area contributed by atoms with Gasteiger partial charge in [0.2, 0.25) is 0 Å². The van der Waals surface area contributed by atoms with Crippen LogP contribution >= 0.6 is 0 Å². The van der Waals surface area contributed by atoms with Crippen LogP contribution in [0, 0.1) is 11.6 Å². The van der Waals surface area contributed by atoms with Crippen LogP contribution < -0.4 is 0 Å². The van der Waals surface area contributed by atoms with Crippen molar-refractivity contribution in [3.05, 3.63) is 59.2 Å². The fourth-order valence-corrected chi connectivity index (χ4v) is 4.87. The minimum absolute atomic E-state index is 0.112. The van der Waals surface area contributed by atoms with Crippen molar-refractivity contribution in [3.63, 3.8) is 0 Å². The van der Waals surface area contributed by atoms with Crippen molar-refractivity contribution in [2.45, 2.75) is 77.3 Å². The molecule has 1 aliphatic rings. The lowest BCUT2D eigenvalue weighted by Crippen LogP contribution is -2.58. The third-order valence-corrected chi connectivity index (χ3v) is 6.62.